The molecule has 0 aliphatic carbocycles. The lowest BCUT2D eigenvalue weighted by atomic mass is 10.1. The number of alkyl halides is 3. The maximum atomic E-state index is 13.7. The normalized spacial score (nSPS) is 15.0. The van der Waals surface area contributed by atoms with Gasteiger partial charge in [-0.2, -0.15) is 13.2 Å². The third-order valence-corrected chi connectivity index (χ3v) is 4.38. The third kappa shape index (κ3) is 4.15. The number of rotatable bonds is 3. The third-order valence-electron chi connectivity index (χ3n) is 4.38. The molecule has 1 amide bonds. The Kier molecular flexibility index (Phi) is 5.15. The Morgan fingerprint density at radius 3 is 2.23 bits per heavy atom. The van der Waals surface area contributed by atoms with Gasteiger partial charge in [0.05, 0.1) is 16.9 Å². The Morgan fingerprint density at radius 1 is 0.962 bits per heavy atom. The minimum Gasteiger partial charge on any atom is -0.370 e. The number of nitrogens with zero attached hydrogens (tertiary/aromatic N) is 1. The number of piperidine rings is 1. The SMILES string of the molecule is O=C(Nc1cc(F)ccc1N1CCCCC1)c1ccc(C(F)(F)F)cc1. The average molecular weight is 366 g/mol. The number of hydrogen-bond donors (Lipinski definition) is 1. The first kappa shape index (κ1) is 18.2. The summed E-state index contributed by atoms with van der Waals surface area (Å²) in [6.45, 7) is 1.63. The highest BCUT2D eigenvalue weighted by Gasteiger charge is 2.30. The molecule has 1 aliphatic rings. The minimum absolute atomic E-state index is 0.0758. The largest absolute Gasteiger partial charge is 0.416 e. The summed E-state index contributed by atoms with van der Waals surface area (Å²) in [5.74, 6) is -1.07. The van der Waals surface area contributed by atoms with Gasteiger partial charge in [-0.25, -0.2) is 4.39 Å². The molecule has 26 heavy (non-hydrogen) atoms. The first-order chi connectivity index (χ1) is 12.3. The monoisotopic (exact) mass is 366 g/mol. The van der Waals surface area contributed by atoms with Crippen LogP contribution in [0.2, 0.25) is 0 Å². The molecule has 3 nitrogen and oxygen atoms in total. The van der Waals surface area contributed by atoms with E-state index in [9.17, 15) is 22.4 Å². The molecule has 1 saturated heterocycles. The van der Waals surface area contributed by atoms with E-state index in [0.717, 1.165) is 56.6 Å². The van der Waals surface area contributed by atoms with Crippen molar-refractivity contribution in [3.63, 3.8) is 0 Å². The van der Waals surface area contributed by atoms with E-state index in [0.29, 0.717) is 11.4 Å². The van der Waals surface area contributed by atoms with Crippen LogP contribution in [0.15, 0.2) is 42.5 Å². The highest BCUT2D eigenvalue weighted by atomic mass is 19.4. The summed E-state index contributed by atoms with van der Waals surface area (Å²) in [7, 11) is 0. The number of anilines is 2. The van der Waals surface area contributed by atoms with Gasteiger partial charge < -0.3 is 10.2 Å². The average Bonchev–Trinajstić information content (AvgIpc) is 2.62. The lowest BCUT2D eigenvalue weighted by Gasteiger charge is -2.30. The van der Waals surface area contributed by atoms with Gasteiger partial charge in [0, 0.05) is 18.7 Å². The molecule has 138 valence electrons. The number of nitrogens with one attached hydrogen (secondary N) is 1. The zero-order chi connectivity index (χ0) is 18.7. The molecule has 2 aromatic carbocycles. The van der Waals surface area contributed by atoms with Crippen LogP contribution < -0.4 is 10.2 Å². The van der Waals surface area contributed by atoms with Crippen molar-refractivity contribution in [2.45, 2.75) is 25.4 Å². The van der Waals surface area contributed by atoms with Crippen LogP contribution in [0, 0.1) is 5.82 Å². The van der Waals surface area contributed by atoms with Gasteiger partial charge in [-0.15, -0.1) is 0 Å². The van der Waals surface area contributed by atoms with Crippen LogP contribution in [0.4, 0.5) is 28.9 Å². The second-order valence-corrected chi connectivity index (χ2v) is 6.24. The summed E-state index contributed by atoms with van der Waals surface area (Å²) in [6.07, 6.45) is -1.29. The van der Waals surface area contributed by atoms with E-state index in [-0.39, 0.29) is 5.56 Å². The van der Waals surface area contributed by atoms with Gasteiger partial charge in [0.15, 0.2) is 0 Å². The second-order valence-electron chi connectivity index (χ2n) is 6.24. The summed E-state index contributed by atoms with van der Waals surface area (Å²) in [6, 6.07) is 8.10. The molecule has 1 aliphatic heterocycles. The molecule has 0 aromatic heterocycles. The van der Waals surface area contributed by atoms with Gasteiger partial charge in [-0.1, -0.05) is 0 Å². The molecule has 0 bridgehead atoms. The van der Waals surface area contributed by atoms with E-state index in [1.807, 2.05) is 0 Å². The summed E-state index contributed by atoms with van der Waals surface area (Å²) < 4.78 is 51.5. The van der Waals surface area contributed by atoms with Crippen molar-refractivity contribution in [3.05, 3.63) is 59.4 Å². The summed E-state index contributed by atoms with van der Waals surface area (Å²) in [5, 5.41) is 2.62. The molecule has 0 spiro atoms. The quantitative estimate of drug-likeness (QED) is 0.768. The summed E-state index contributed by atoms with van der Waals surface area (Å²) >= 11 is 0. The van der Waals surface area contributed by atoms with Gasteiger partial charge >= 0.3 is 6.18 Å². The van der Waals surface area contributed by atoms with Crippen LogP contribution >= 0.6 is 0 Å². The minimum atomic E-state index is -4.46. The molecule has 1 heterocycles. The maximum Gasteiger partial charge on any atom is 0.416 e. The number of benzene rings is 2. The standard InChI is InChI=1S/C19H18F4N2O/c20-15-8-9-17(25-10-2-1-3-11-25)16(12-15)24-18(26)13-4-6-14(7-5-13)19(21,22)23/h4-9,12H,1-3,10-11H2,(H,24,26). The van der Waals surface area contributed by atoms with Crippen molar-refractivity contribution in [2.24, 2.45) is 0 Å². The van der Waals surface area contributed by atoms with E-state index in [2.05, 4.69) is 10.2 Å². The van der Waals surface area contributed by atoms with Crippen molar-refractivity contribution in [1.29, 1.82) is 0 Å². The predicted molar refractivity (Wildman–Crippen MR) is 91.9 cm³/mol. The van der Waals surface area contributed by atoms with E-state index in [1.165, 1.54) is 12.1 Å². The number of amides is 1. The molecule has 2 aromatic rings. The van der Waals surface area contributed by atoms with Gasteiger partial charge in [0.1, 0.15) is 5.82 Å². The number of hydrogen-bond acceptors (Lipinski definition) is 2. The lowest BCUT2D eigenvalue weighted by molar-refractivity contribution is -0.137. The van der Waals surface area contributed by atoms with Crippen LogP contribution in [0.1, 0.15) is 35.2 Å². The number of carbonyl (C=O) groups excluding carboxylic acids is 1. The van der Waals surface area contributed by atoms with Crippen LogP contribution in [0.3, 0.4) is 0 Å². The van der Waals surface area contributed by atoms with Crippen LogP contribution in [-0.4, -0.2) is 19.0 Å². The highest BCUT2D eigenvalue weighted by Crippen LogP contribution is 2.31. The zero-order valence-corrected chi connectivity index (χ0v) is 13.9. The first-order valence-corrected chi connectivity index (χ1v) is 8.38. The number of carbonyl (C=O) groups is 1. The van der Waals surface area contributed by atoms with E-state index in [4.69, 9.17) is 0 Å². The molecule has 1 fully saturated rings. The molecule has 3 rings (SSSR count). The molecular weight excluding hydrogens is 348 g/mol. The second kappa shape index (κ2) is 7.35. The molecular formula is C19H18F4N2O. The van der Waals surface area contributed by atoms with E-state index < -0.39 is 23.5 Å². The van der Waals surface area contributed by atoms with Gasteiger partial charge in [0.2, 0.25) is 0 Å². The van der Waals surface area contributed by atoms with Gasteiger partial charge in [-0.05, 0) is 61.7 Å². The summed E-state index contributed by atoms with van der Waals surface area (Å²) in [4.78, 5) is 14.5. The Labute approximate surface area is 148 Å². The maximum absolute atomic E-state index is 13.7. The first-order valence-electron chi connectivity index (χ1n) is 8.38. The Morgan fingerprint density at radius 2 is 1.62 bits per heavy atom. The smallest absolute Gasteiger partial charge is 0.370 e. The Bertz CT molecular complexity index is 781. The van der Waals surface area contributed by atoms with Crippen molar-refractivity contribution in [2.75, 3.05) is 23.3 Å². The molecule has 1 N–H and O–H groups in total. The highest BCUT2D eigenvalue weighted by molar-refractivity contribution is 6.06. The molecule has 0 saturated carbocycles. The number of halogens is 4. The van der Waals surface area contributed by atoms with Crippen LogP contribution in [0.5, 0.6) is 0 Å². The lowest BCUT2D eigenvalue weighted by Crippen LogP contribution is -2.30. The van der Waals surface area contributed by atoms with Gasteiger partial charge in [-0.3, -0.25) is 4.79 Å². The molecule has 7 heteroatoms. The fourth-order valence-corrected chi connectivity index (χ4v) is 3.02. The van der Waals surface area contributed by atoms with Crippen molar-refractivity contribution in [1.82, 2.24) is 0 Å². The Balaban J connectivity index is 1.81. The fourth-order valence-electron chi connectivity index (χ4n) is 3.02. The van der Waals surface area contributed by atoms with Crippen molar-refractivity contribution in [3.8, 4) is 0 Å². The van der Waals surface area contributed by atoms with E-state index in [1.54, 1.807) is 6.07 Å². The fraction of sp³-hybridized carbons (Fsp3) is 0.316. The predicted octanol–water partition coefficient (Wildman–Crippen LogP) is 5.09. The molecule has 0 atom stereocenters. The summed E-state index contributed by atoms with van der Waals surface area (Å²) in [5.41, 5.74) is 0.281. The van der Waals surface area contributed by atoms with Gasteiger partial charge in [0.25, 0.3) is 5.91 Å². The molecule has 0 unspecified atom stereocenters. The van der Waals surface area contributed by atoms with E-state index >= 15 is 0 Å². The zero-order valence-electron chi connectivity index (χ0n) is 13.9. The Hall–Kier alpha value is -2.57. The van der Waals surface area contributed by atoms with Crippen molar-refractivity contribution < 1.29 is 22.4 Å². The van der Waals surface area contributed by atoms with Crippen LogP contribution in [-0.2, 0) is 6.18 Å². The topological polar surface area (TPSA) is 32.3 Å². The van der Waals surface area contributed by atoms with Crippen LogP contribution in [0.25, 0.3) is 0 Å². The molecule has 0 radical (unpaired) electrons. The van der Waals surface area contributed by atoms with Crippen molar-refractivity contribution >= 4 is 17.3 Å².